The lowest BCUT2D eigenvalue weighted by Gasteiger charge is -2.07. The fourth-order valence-corrected chi connectivity index (χ4v) is 1.54. The summed E-state index contributed by atoms with van der Waals surface area (Å²) in [5, 5.41) is 2.68. The number of hydrogen-bond acceptors (Lipinski definition) is 3. The van der Waals surface area contributed by atoms with Gasteiger partial charge in [-0.05, 0) is 25.5 Å². The number of aryl methyl sites for hydroxylation is 2. The number of hydrogen-bond donors (Lipinski definition) is 1. The smallest absolute Gasteiger partial charge is 0.307 e. The van der Waals surface area contributed by atoms with Gasteiger partial charge in [-0.3, -0.25) is 9.59 Å². The summed E-state index contributed by atoms with van der Waals surface area (Å²) in [7, 11) is 1.33. The van der Waals surface area contributed by atoms with Crippen LogP contribution in [-0.4, -0.2) is 25.5 Å². The normalized spacial score (nSPS) is 9.82. The standard InChI is InChI=1S/C13H17NO3/c1-9-4-5-11(10(2)8-9)13(16)14-7-6-12(15)17-3/h4-5,8H,6-7H2,1-3H3,(H,14,16). The van der Waals surface area contributed by atoms with Gasteiger partial charge < -0.3 is 10.1 Å². The molecule has 0 aliphatic heterocycles. The maximum atomic E-state index is 11.8. The van der Waals surface area contributed by atoms with Crippen LogP contribution in [0.4, 0.5) is 0 Å². The van der Waals surface area contributed by atoms with Gasteiger partial charge in [0.25, 0.3) is 5.91 Å². The number of benzene rings is 1. The highest BCUT2D eigenvalue weighted by Gasteiger charge is 2.09. The van der Waals surface area contributed by atoms with Crippen molar-refractivity contribution in [2.75, 3.05) is 13.7 Å². The number of nitrogens with one attached hydrogen (secondary N) is 1. The third kappa shape index (κ3) is 3.90. The molecule has 1 aromatic rings. The predicted octanol–water partition coefficient (Wildman–Crippen LogP) is 1.60. The molecule has 0 heterocycles. The Labute approximate surface area is 101 Å². The number of esters is 1. The van der Waals surface area contributed by atoms with Gasteiger partial charge in [-0.25, -0.2) is 0 Å². The summed E-state index contributed by atoms with van der Waals surface area (Å²) in [6, 6.07) is 5.63. The van der Waals surface area contributed by atoms with Crippen LogP contribution in [0.2, 0.25) is 0 Å². The monoisotopic (exact) mass is 235 g/mol. The molecule has 0 aromatic heterocycles. The van der Waals surface area contributed by atoms with Gasteiger partial charge in [0, 0.05) is 12.1 Å². The molecule has 0 saturated heterocycles. The highest BCUT2D eigenvalue weighted by Crippen LogP contribution is 2.10. The first-order valence-corrected chi connectivity index (χ1v) is 5.47. The Hall–Kier alpha value is -1.84. The van der Waals surface area contributed by atoms with Crippen LogP contribution < -0.4 is 5.32 Å². The van der Waals surface area contributed by atoms with E-state index in [1.165, 1.54) is 7.11 Å². The van der Waals surface area contributed by atoms with Crippen molar-refractivity contribution < 1.29 is 14.3 Å². The molecule has 0 radical (unpaired) electrons. The van der Waals surface area contributed by atoms with E-state index >= 15 is 0 Å². The van der Waals surface area contributed by atoms with E-state index < -0.39 is 0 Å². The first kappa shape index (κ1) is 13.2. The lowest BCUT2D eigenvalue weighted by atomic mass is 10.1. The number of ether oxygens (including phenoxy) is 1. The van der Waals surface area contributed by atoms with Gasteiger partial charge in [0.05, 0.1) is 13.5 Å². The SMILES string of the molecule is COC(=O)CCNC(=O)c1ccc(C)cc1C. The summed E-state index contributed by atoms with van der Waals surface area (Å²) < 4.78 is 4.49. The number of amides is 1. The third-order valence-electron chi connectivity index (χ3n) is 2.47. The van der Waals surface area contributed by atoms with Gasteiger partial charge in [-0.2, -0.15) is 0 Å². The minimum atomic E-state index is -0.328. The van der Waals surface area contributed by atoms with Crippen molar-refractivity contribution in [1.29, 1.82) is 0 Å². The quantitative estimate of drug-likeness (QED) is 0.806. The van der Waals surface area contributed by atoms with Gasteiger partial charge >= 0.3 is 5.97 Å². The molecule has 0 atom stereocenters. The molecule has 0 aliphatic rings. The lowest BCUT2D eigenvalue weighted by molar-refractivity contribution is -0.140. The molecule has 17 heavy (non-hydrogen) atoms. The van der Waals surface area contributed by atoms with E-state index in [4.69, 9.17) is 0 Å². The molecule has 4 heteroatoms. The number of carbonyl (C=O) groups excluding carboxylic acids is 2. The number of methoxy groups -OCH3 is 1. The summed E-state index contributed by atoms with van der Waals surface area (Å²) in [4.78, 5) is 22.7. The van der Waals surface area contributed by atoms with E-state index in [1.807, 2.05) is 26.0 Å². The Kier molecular flexibility index (Phi) is 4.69. The van der Waals surface area contributed by atoms with E-state index in [0.717, 1.165) is 11.1 Å². The minimum Gasteiger partial charge on any atom is -0.469 e. The van der Waals surface area contributed by atoms with Crippen LogP contribution in [0.15, 0.2) is 18.2 Å². The molecule has 0 spiro atoms. The van der Waals surface area contributed by atoms with Crippen molar-refractivity contribution in [2.45, 2.75) is 20.3 Å². The van der Waals surface area contributed by atoms with Crippen molar-refractivity contribution in [3.8, 4) is 0 Å². The number of rotatable bonds is 4. The van der Waals surface area contributed by atoms with Crippen molar-refractivity contribution >= 4 is 11.9 Å². The summed E-state index contributed by atoms with van der Waals surface area (Å²) in [5.74, 6) is -0.489. The second-order valence-electron chi connectivity index (χ2n) is 3.90. The zero-order chi connectivity index (χ0) is 12.8. The Balaban J connectivity index is 2.55. The predicted molar refractivity (Wildman–Crippen MR) is 64.9 cm³/mol. The zero-order valence-electron chi connectivity index (χ0n) is 10.4. The Bertz CT molecular complexity index is 427. The van der Waals surface area contributed by atoms with Crippen molar-refractivity contribution in [3.63, 3.8) is 0 Å². The molecule has 1 amide bonds. The third-order valence-corrected chi connectivity index (χ3v) is 2.47. The maximum Gasteiger partial charge on any atom is 0.307 e. The van der Waals surface area contributed by atoms with Crippen LogP contribution in [0.1, 0.15) is 27.9 Å². The highest BCUT2D eigenvalue weighted by atomic mass is 16.5. The maximum absolute atomic E-state index is 11.8. The first-order chi connectivity index (χ1) is 8.04. The number of carbonyl (C=O) groups is 2. The Morgan fingerprint density at radius 2 is 2.00 bits per heavy atom. The van der Waals surface area contributed by atoms with Crippen LogP contribution in [0.25, 0.3) is 0 Å². The summed E-state index contributed by atoms with van der Waals surface area (Å²) in [6.45, 7) is 4.16. The lowest BCUT2D eigenvalue weighted by Crippen LogP contribution is -2.26. The zero-order valence-corrected chi connectivity index (χ0v) is 10.4. The molecular formula is C13H17NO3. The van der Waals surface area contributed by atoms with Crippen molar-refractivity contribution in [3.05, 3.63) is 34.9 Å². The Morgan fingerprint density at radius 3 is 2.59 bits per heavy atom. The molecule has 0 bridgehead atoms. The Morgan fingerprint density at radius 1 is 1.29 bits per heavy atom. The fourth-order valence-electron chi connectivity index (χ4n) is 1.54. The molecule has 0 fully saturated rings. The van der Waals surface area contributed by atoms with E-state index in [2.05, 4.69) is 10.1 Å². The molecule has 1 N–H and O–H groups in total. The largest absolute Gasteiger partial charge is 0.469 e. The molecule has 1 rings (SSSR count). The molecular weight excluding hydrogens is 218 g/mol. The van der Waals surface area contributed by atoms with E-state index in [9.17, 15) is 9.59 Å². The minimum absolute atomic E-state index is 0.161. The second kappa shape index (κ2) is 6.03. The fraction of sp³-hybridized carbons (Fsp3) is 0.385. The second-order valence-corrected chi connectivity index (χ2v) is 3.90. The summed E-state index contributed by atoms with van der Waals surface area (Å²) >= 11 is 0. The molecule has 0 aliphatic carbocycles. The molecule has 4 nitrogen and oxygen atoms in total. The van der Waals surface area contributed by atoms with E-state index in [1.54, 1.807) is 6.07 Å². The van der Waals surface area contributed by atoms with Crippen molar-refractivity contribution in [1.82, 2.24) is 5.32 Å². The van der Waals surface area contributed by atoms with Crippen LogP contribution in [0, 0.1) is 13.8 Å². The van der Waals surface area contributed by atoms with Crippen LogP contribution >= 0.6 is 0 Å². The molecule has 0 unspecified atom stereocenters. The average molecular weight is 235 g/mol. The molecule has 92 valence electrons. The van der Waals surface area contributed by atoms with E-state index in [-0.39, 0.29) is 18.3 Å². The van der Waals surface area contributed by atoms with Gasteiger partial charge in [0.1, 0.15) is 0 Å². The van der Waals surface area contributed by atoms with Gasteiger partial charge in [0.15, 0.2) is 0 Å². The van der Waals surface area contributed by atoms with Gasteiger partial charge in [0.2, 0.25) is 0 Å². The topological polar surface area (TPSA) is 55.4 Å². The average Bonchev–Trinajstić information content (AvgIpc) is 2.28. The van der Waals surface area contributed by atoms with Gasteiger partial charge in [-0.1, -0.05) is 17.7 Å². The van der Waals surface area contributed by atoms with Crippen LogP contribution in [0.3, 0.4) is 0 Å². The van der Waals surface area contributed by atoms with E-state index in [0.29, 0.717) is 12.1 Å². The molecule has 1 aromatic carbocycles. The first-order valence-electron chi connectivity index (χ1n) is 5.47. The molecule has 0 saturated carbocycles. The highest BCUT2D eigenvalue weighted by molar-refractivity contribution is 5.95. The van der Waals surface area contributed by atoms with Gasteiger partial charge in [-0.15, -0.1) is 0 Å². The summed E-state index contributed by atoms with van der Waals surface area (Å²) in [6.07, 6.45) is 0.188. The van der Waals surface area contributed by atoms with Crippen molar-refractivity contribution in [2.24, 2.45) is 0 Å². The van der Waals surface area contributed by atoms with Crippen LogP contribution in [0.5, 0.6) is 0 Å². The summed E-state index contributed by atoms with van der Waals surface area (Å²) in [5.41, 5.74) is 2.69. The van der Waals surface area contributed by atoms with Crippen LogP contribution in [-0.2, 0) is 9.53 Å².